The maximum atomic E-state index is 13.3. The zero-order valence-electron chi connectivity index (χ0n) is 16.9. The van der Waals surface area contributed by atoms with Crippen molar-refractivity contribution < 1.29 is 9.18 Å². The van der Waals surface area contributed by atoms with Crippen LogP contribution in [0.15, 0.2) is 64.7 Å². The van der Waals surface area contributed by atoms with Crippen molar-refractivity contribution in [1.29, 1.82) is 0 Å². The molecule has 4 heterocycles. The van der Waals surface area contributed by atoms with Crippen LogP contribution in [0, 0.1) is 5.82 Å². The van der Waals surface area contributed by atoms with Gasteiger partial charge in [-0.05, 0) is 42.3 Å². The van der Waals surface area contributed by atoms with Crippen molar-refractivity contribution in [2.24, 2.45) is 0 Å². The average molecular weight is 447 g/mol. The third-order valence-electron chi connectivity index (χ3n) is 6.04. The van der Waals surface area contributed by atoms with Crippen LogP contribution < -0.4 is 10.5 Å². The van der Waals surface area contributed by atoms with Crippen LogP contribution in [-0.4, -0.2) is 37.5 Å². The van der Waals surface area contributed by atoms with E-state index < -0.39 is 0 Å². The van der Waals surface area contributed by atoms with E-state index >= 15 is 0 Å². The van der Waals surface area contributed by atoms with Crippen molar-refractivity contribution in [3.63, 3.8) is 0 Å². The fourth-order valence-electron chi connectivity index (χ4n) is 4.46. The SMILES string of the molecule is O=C(CC1CSc2nc3c(cnn3-c3ccc(F)cc3)c(=O)n21)N1CCc2ccccc21. The van der Waals surface area contributed by atoms with Gasteiger partial charge in [0, 0.05) is 24.4 Å². The fraction of sp³-hybridized carbons (Fsp3) is 0.217. The monoisotopic (exact) mass is 447 g/mol. The van der Waals surface area contributed by atoms with E-state index in [0.29, 0.717) is 34.2 Å². The van der Waals surface area contributed by atoms with E-state index in [1.54, 1.807) is 16.7 Å². The van der Waals surface area contributed by atoms with Crippen LogP contribution in [0.25, 0.3) is 16.7 Å². The first kappa shape index (κ1) is 19.2. The summed E-state index contributed by atoms with van der Waals surface area (Å²) in [4.78, 5) is 32.9. The lowest BCUT2D eigenvalue weighted by atomic mass is 10.1. The molecule has 0 spiro atoms. The van der Waals surface area contributed by atoms with Gasteiger partial charge in [0.15, 0.2) is 10.8 Å². The topological polar surface area (TPSA) is 73.0 Å². The molecule has 0 fully saturated rings. The number of nitrogens with zero attached hydrogens (tertiary/aromatic N) is 5. The van der Waals surface area contributed by atoms with Gasteiger partial charge >= 0.3 is 0 Å². The highest BCUT2D eigenvalue weighted by Gasteiger charge is 2.32. The Hall–Kier alpha value is -3.46. The van der Waals surface area contributed by atoms with Gasteiger partial charge in [0.2, 0.25) is 5.91 Å². The second kappa shape index (κ2) is 7.30. The summed E-state index contributed by atoms with van der Waals surface area (Å²) in [6, 6.07) is 13.6. The van der Waals surface area contributed by atoms with E-state index in [-0.39, 0.29) is 29.7 Å². The third kappa shape index (κ3) is 2.96. The lowest BCUT2D eigenvalue weighted by Gasteiger charge is -2.20. The smallest absolute Gasteiger partial charge is 0.265 e. The number of aromatic nitrogens is 4. The molecule has 2 aliphatic rings. The van der Waals surface area contributed by atoms with Crippen molar-refractivity contribution in [2.45, 2.75) is 24.0 Å². The fourth-order valence-corrected chi connectivity index (χ4v) is 5.59. The molecule has 2 aliphatic heterocycles. The van der Waals surface area contributed by atoms with Crippen molar-refractivity contribution in [3.05, 3.63) is 76.5 Å². The van der Waals surface area contributed by atoms with E-state index in [9.17, 15) is 14.0 Å². The van der Waals surface area contributed by atoms with Crippen LogP contribution in [0.1, 0.15) is 18.0 Å². The molecule has 7 nitrogen and oxygen atoms in total. The summed E-state index contributed by atoms with van der Waals surface area (Å²) in [6.45, 7) is 0.668. The quantitative estimate of drug-likeness (QED) is 0.451. The third-order valence-corrected chi connectivity index (χ3v) is 7.14. The number of hydrogen-bond donors (Lipinski definition) is 0. The molecule has 0 saturated carbocycles. The highest BCUT2D eigenvalue weighted by molar-refractivity contribution is 7.99. The van der Waals surface area contributed by atoms with E-state index in [1.807, 2.05) is 29.2 Å². The Morgan fingerprint density at radius 1 is 1.16 bits per heavy atom. The second-order valence-corrected chi connectivity index (χ2v) is 8.92. The summed E-state index contributed by atoms with van der Waals surface area (Å²) in [5, 5.41) is 5.26. The minimum Gasteiger partial charge on any atom is -0.312 e. The number of hydrogen-bond acceptors (Lipinski definition) is 5. The Balaban J connectivity index is 1.33. The highest BCUT2D eigenvalue weighted by atomic mass is 32.2. The minimum absolute atomic E-state index is 0.0161. The number of amides is 1. The van der Waals surface area contributed by atoms with E-state index in [4.69, 9.17) is 0 Å². The van der Waals surface area contributed by atoms with Crippen molar-refractivity contribution in [3.8, 4) is 5.69 Å². The largest absolute Gasteiger partial charge is 0.312 e. The molecule has 1 amide bonds. The molecule has 0 N–H and O–H groups in total. The number of thioether (sulfide) groups is 1. The molecule has 0 radical (unpaired) electrons. The zero-order chi connectivity index (χ0) is 21.8. The maximum absolute atomic E-state index is 13.3. The number of halogens is 1. The summed E-state index contributed by atoms with van der Waals surface area (Å²) < 4.78 is 16.5. The first-order valence-corrected chi connectivity index (χ1v) is 11.4. The summed E-state index contributed by atoms with van der Waals surface area (Å²) in [5.74, 6) is 0.283. The predicted octanol–water partition coefficient (Wildman–Crippen LogP) is 3.35. The number of para-hydroxylation sites is 1. The molecule has 1 atom stereocenters. The van der Waals surface area contributed by atoms with Gasteiger partial charge in [0.25, 0.3) is 5.56 Å². The summed E-state index contributed by atoms with van der Waals surface area (Å²) in [5.41, 5.74) is 2.99. The minimum atomic E-state index is -0.345. The van der Waals surface area contributed by atoms with Crippen LogP contribution in [0.3, 0.4) is 0 Å². The van der Waals surface area contributed by atoms with Crippen LogP contribution in [0.2, 0.25) is 0 Å². The first-order chi connectivity index (χ1) is 15.6. The molecule has 0 bridgehead atoms. The van der Waals surface area contributed by atoms with E-state index in [2.05, 4.69) is 10.1 Å². The highest BCUT2D eigenvalue weighted by Crippen LogP contribution is 2.35. The Bertz CT molecular complexity index is 1430. The van der Waals surface area contributed by atoms with Gasteiger partial charge in [-0.15, -0.1) is 0 Å². The molecule has 0 aliphatic carbocycles. The average Bonchev–Trinajstić information content (AvgIpc) is 3.52. The molecule has 160 valence electrons. The molecule has 32 heavy (non-hydrogen) atoms. The molecule has 6 rings (SSSR count). The maximum Gasteiger partial charge on any atom is 0.265 e. The van der Waals surface area contributed by atoms with Crippen LogP contribution in [0.4, 0.5) is 10.1 Å². The Morgan fingerprint density at radius 2 is 1.97 bits per heavy atom. The lowest BCUT2D eigenvalue weighted by Crippen LogP contribution is -2.33. The molecule has 9 heteroatoms. The predicted molar refractivity (Wildman–Crippen MR) is 120 cm³/mol. The van der Waals surface area contributed by atoms with Crippen molar-refractivity contribution in [2.75, 3.05) is 17.2 Å². The van der Waals surface area contributed by atoms with Crippen LogP contribution >= 0.6 is 11.8 Å². The van der Waals surface area contributed by atoms with Gasteiger partial charge < -0.3 is 4.90 Å². The molecular formula is C23H18FN5O2S. The molecule has 4 aromatic rings. The Kier molecular flexibility index (Phi) is 4.39. The van der Waals surface area contributed by atoms with Crippen molar-refractivity contribution in [1.82, 2.24) is 19.3 Å². The second-order valence-electron chi connectivity index (χ2n) is 7.93. The van der Waals surface area contributed by atoms with Gasteiger partial charge in [-0.3, -0.25) is 14.2 Å². The Labute approximate surface area is 186 Å². The number of carbonyl (C=O) groups excluding carboxylic acids is 1. The molecule has 2 aromatic carbocycles. The van der Waals surface area contributed by atoms with Gasteiger partial charge in [-0.1, -0.05) is 30.0 Å². The number of rotatable bonds is 3. The number of fused-ring (bicyclic) bond motifs is 3. The van der Waals surface area contributed by atoms with E-state index in [1.165, 1.54) is 40.3 Å². The summed E-state index contributed by atoms with van der Waals surface area (Å²) >= 11 is 1.46. The van der Waals surface area contributed by atoms with Crippen LogP contribution in [-0.2, 0) is 11.2 Å². The van der Waals surface area contributed by atoms with E-state index in [0.717, 1.165) is 12.1 Å². The Morgan fingerprint density at radius 3 is 2.81 bits per heavy atom. The molecular weight excluding hydrogens is 429 g/mol. The summed E-state index contributed by atoms with van der Waals surface area (Å²) in [7, 11) is 0. The number of benzene rings is 2. The van der Waals surface area contributed by atoms with Crippen LogP contribution in [0.5, 0.6) is 0 Å². The van der Waals surface area contributed by atoms with Crippen molar-refractivity contribution >= 4 is 34.4 Å². The zero-order valence-corrected chi connectivity index (χ0v) is 17.8. The first-order valence-electron chi connectivity index (χ1n) is 10.4. The standard InChI is InChI=1S/C23H18FN5O2S/c24-15-5-7-16(8-6-15)29-21-18(12-25-29)22(31)28-17(13-32-23(28)26-21)11-20(30)27-10-9-14-3-1-2-4-19(14)27/h1-8,12,17H,9-11,13H2. The number of carbonyl (C=O) groups is 1. The number of anilines is 1. The van der Waals surface area contributed by atoms with Gasteiger partial charge in [-0.25, -0.2) is 14.1 Å². The summed E-state index contributed by atoms with van der Waals surface area (Å²) in [6.07, 6.45) is 2.58. The molecule has 0 saturated heterocycles. The molecule has 1 unspecified atom stereocenters. The molecule has 2 aromatic heterocycles. The lowest BCUT2D eigenvalue weighted by molar-refractivity contribution is -0.119. The normalized spacial score (nSPS) is 17.0. The van der Waals surface area contributed by atoms with Gasteiger partial charge in [0.1, 0.15) is 11.2 Å². The van der Waals surface area contributed by atoms with Gasteiger partial charge in [0.05, 0.1) is 17.9 Å². The van der Waals surface area contributed by atoms with Gasteiger partial charge in [-0.2, -0.15) is 5.10 Å².